The van der Waals surface area contributed by atoms with E-state index in [0.29, 0.717) is 17.7 Å². The lowest BCUT2D eigenvalue weighted by Gasteiger charge is -2.15. The summed E-state index contributed by atoms with van der Waals surface area (Å²) in [7, 11) is 0. The fraction of sp³-hybridized carbons (Fsp3) is 0.357. The molecule has 19 heavy (non-hydrogen) atoms. The van der Waals surface area contributed by atoms with E-state index in [1.54, 1.807) is 17.0 Å². The number of alkyl halides is 3. The summed E-state index contributed by atoms with van der Waals surface area (Å²) in [4.78, 5) is 13.9. The second kappa shape index (κ2) is 4.11. The molecule has 1 aliphatic heterocycles. The van der Waals surface area contributed by atoms with Crippen LogP contribution in [0.2, 0.25) is 0 Å². The molecule has 2 nitrogen and oxygen atoms in total. The van der Waals surface area contributed by atoms with Crippen LogP contribution in [0.25, 0.3) is 5.57 Å². The first-order valence-electron chi connectivity index (χ1n) is 6.15. The molecule has 0 N–H and O–H groups in total. The van der Waals surface area contributed by atoms with Crippen LogP contribution in [0.4, 0.5) is 13.2 Å². The van der Waals surface area contributed by atoms with E-state index in [1.807, 2.05) is 0 Å². The minimum Gasteiger partial charge on any atom is -0.332 e. The quantitative estimate of drug-likeness (QED) is 0.806. The molecular formula is C14H12F3NO. The topological polar surface area (TPSA) is 20.3 Å². The number of hydrogen-bond donors (Lipinski definition) is 0. The van der Waals surface area contributed by atoms with Gasteiger partial charge in [-0.3, -0.25) is 4.79 Å². The van der Waals surface area contributed by atoms with E-state index in [0.717, 1.165) is 25.0 Å². The van der Waals surface area contributed by atoms with Gasteiger partial charge in [-0.2, -0.15) is 13.2 Å². The summed E-state index contributed by atoms with van der Waals surface area (Å²) >= 11 is 0. The summed E-state index contributed by atoms with van der Waals surface area (Å²) in [6, 6.07) is 5.23. The van der Waals surface area contributed by atoms with Gasteiger partial charge in [0, 0.05) is 18.2 Å². The van der Waals surface area contributed by atoms with Crippen molar-refractivity contribution in [3.63, 3.8) is 0 Å². The van der Waals surface area contributed by atoms with E-state index in [9.17, 15) is 18.0 Å². The Morgan fingerprint density at radius 2 is 1.95 bits per heavy atom. The summed E-state index contributed by atoms with van der Waals surface area (Å²) in [6.07, 6.45) is -0.671. The van der Waals surface area contributed by atoms with E-state index in [-0.39, 0.29) is 11.9 Å². The van der Waals surface area contributed by atoms with Crippen LogP contribution >= 0.6 is 0 Å². The maximum Gasteiger partial charge on any atom is 0.416 e. The fourth-order valence-corrected chi connectivity index (χ4v) is 2.32. The Hall–Kier alpha value is -1.78. The van der Waals surface area contributed by atoms with Crippen LogP contribution in [-0.4, -0.2) is 23.4 Å². The molecule has 5 heteroatoms. The van der Waals surface area contributed by atoms with Crippen molar-refractivity contribution in [2.45, 2.75) is 25.1 Å². The van der Waals surface area contributed by atoms with Gasteiger partial charge in [0.2, 0.25) is 0 Å². The van der Waals surface area contributed by atoms with Gasteiger partial charge in [-0.15, -0.1) is 0 Å². The Morgan fingerprint density at radius 1 is 1.21 bits per heavy atom. The van der Waals surface area contributed by atoms with Gasteiger partial charge in [-0.05, 0) is 30.5 Å². The van der Waals surface area contributed by atoms with Crippen molar-refractivity contribution >= 4 is 11.5 Å². The number of carbonyl (C=O) groups is 1. The predicted molar refractivity (Wildman–Crippen MR) is 64.2 cm³/mol. The van der Waals surface area contributed by atoms with Gasteiger partial charge >= 0.3 is 6.18 Å². The molecule has 0 aromatic heterocycles. The van der Waals surface area contributed by atoms with Gasteiger partial charge in [-0.25, -0.2) is 0 Å². The summed E-state index contributed by atoms with van der Waals surface area (Å²) in [5, 5.41) is 0. The molecule has 0 spiro atoms. The third-order valence-electron chi connectivity index (χ3n) is 3.47. The molecule has 1 aromatic carbocycles. The molecule has 1 aromatic rings. The van der Waals surface area contributed by atoms with Gasteiger partial charge in [0.05, 0.1) is 5.56 Å². The van der Waals surface area contributed by atoms with Crippen molar-refractivity contribution in [3.8, 4) is 0 Å². The van der Waals surface area contributed by atoms with Crippen molar-refractivity contribution < 1.29 is 18.0 Å². The molecule has 0 saturated heterocycles. The average Bonchev–Trinajstić information content (AvgIpc) is 3.12. The summed E-state index contributed by atoms with van der Waals surface area (Å²) in [5.41, 5.74) is 0.0181. The van der Waals surface area contributed by atoms with E-state index in [2.05, 4.69) is 0 Å². The van der Waals surface area contributed by atoms with Crippen LogP contribution in [-0.2, 0) is 11.0 Å². The highest BCUT2D eigenvalue weighted by Crippen LogP contribution is 2.35. The van der Waals surface area contributed by atoms with E-state index in [1.165, 1.54) is 6.07 Å². The van der Waals surface area contributed by atoms with Crippen molar-refractivity contribution in [1.82, 2.24) is 4.90 Å². The standard InChI is InChI=1S/C14H12F3NO/c15-14(16,17)10-3-1-2-9(8-10)12-6-7-18(13(12)19)11-4-5-11/h1-3,6,8,11H,4-5,7H2. The predicted octanol–water partition coefficient (Wildman–Crippen LogP) is 3.09. The first-order valence-corrected chi connectivity index (χ1v) is 6.15. The van der Waals surface area contributed by atoms with Crippen molar-refractivity contribution in [3.05, 3.63) is 41.5 Å². The molecular weight excluding hydrogens is 255 g/mol. The second-order valence-electron chi connectivity index (χ2n) is 4.89. The third kappa shape index (κ3) is 2.25. The molecule has 3 rings (SSSR count). The monoisotopic (exact) mass is 267 g/mol. The highest BCUT2D eigenvalue weighted by atomic mass is 19.4. The molecule has 1 amide bonds. The molecule has 2 aliphatic rings. The first-order chi connectivity index (χ1) is 8.97. The number of halogens is 3. The summed E-state index contributed by atoms with van der Waals surface area (Å²) in [6.45, 7) is 0.509. The van der Waals surface area contributed by atoms with Crippen molar-refractivity contribution in [2.24, 2.45) is 0 Å². The number of amides is 1. The summed E-state index contributed by atoms with van der Waals surface area (Å²) in [5.74, 6) is -0.151. The van der Waals surface area contributed by atoms with Crippen LogP contribution in [0.3, 0.4) is 0 Å². The smallest absolute Gasteiger partial charge is 0.332 e. The highest BCUT2D eigenvalue weighted by molar-refractivity contribution is 6.21. The Balaban J connectivity index is 1.89. The SMILES string of the molecule is O=C1C(c2cccc(C(F)(F)F)c2)=CCN1C1CC1. The van der Waals surface area contributed by atoms with Crippen LogP contribution in [0.5, 0.6) is 0 Å². The minimum atomic E-state index is -4.38. The number of hydrogen-bond acceptors (Lipinski definition) is 1. The molecule has 0 radical (unpaired) electrons. The van der Waals surface area contributed by atoms with Gasteiger partial charge < -0.3 is 4.90 Å². The van der Waals surface area contributed by atoms with Crippen molar-refractivity contribution in [2.75, 3.05) is 6.54 Å². The summed E-state index contributed by atoms with van der Waals surface area (Å²) < 4.78 is 38.0. The Bertz CT molecular complexity index is 558. The fourth-order valence-electron chi connectivity index (χ4n) is 2.32. The molecule has 1 aliphatic carbocycles. The second-order valence-corrected chi connectivity index (χ2v) is 4.89. The zero-order valence-corrected chi connectivity index (χ0v) is 10.1. The Kier molecular flexibility index (Phi) is 2.66. The maximum absolute atomic E-state index is 12.7. The molecule has 1 fully saturated rings. The largest absolute Gasteiger partial charge is 0.416 e. The molecule has 100 valence electrons. The zero-order valence-electron chi connectivity index (χ0n) is 10.1. The highest BCUT2D eigenvalue weighted by Gasteiger charge is 2.37. The first kappa shape index (κ1) is 12.3. The van der Waals surface area contributed by atoms with Crippen LogP contribution in [0.15, 0.2) is 30.3 Å². The average molecular weight is 267 g/mol. The lowest BCUT2D eigenvalue weighted by molar-refractivity contribution is -0.137. The van der Waals surface area contributed by atoms with Crippen LogP contribution in [0, 0.1) is 0 Å². The molecule has 0 atom stereocenters. The number of rotatable bonds is 2. The maximum atomic E-state index is 12.7. The number of benzene rings is 1. The number of nitrogens with zero attached hydrogens (tertiary/aromatic N) is 1. The normalized spacial score (nSPS) is 19.8. The Morgan fingerprint density at radius 3 is 2.58 bits per heavy atom. The van der Waals surface area contributed by atoms with E-state index in [4.69, 9.17) is 0 Å². The lowest BCUT2D eigenvalue weighted by atomic mass is 10.0. The van der Waals surface area contributed by atoms with Gasteiger partial charge in [0.15, 0.2) is 0 Å². The van der Waals surface area contributed by atoms with Crippen LogP contribution in [0.1, 0.15) is 24.0 Å². The molecule has 1 heterocycles. The lowest BCUT2D eigenvalue weighted by Crippen LogP contribution is -2.28. The molecule has 1 saturated carbocycles. The Labute approximate surface area is 108 Å². The van der Waals surface area contributed by atoms with Gasteiger partial charge in [0.1, 0.15) is 0 Å². The van der Waals surface area contributed by atoms with Crippen molar-refractivity contribution in [1.29, 1.82) is 0 Å². The minimum absolute atomic E-state index is 0.151. The van der Waals surface area contributed by atoms with E-state index < -0.39 is 11.7 Å². The molecule has 0 bridgehead atoms. The van der Waals surface area contributed by atoms with Gasteiger partial charge in [0.25, 0.3) is 5.91 Å². The number of carbonyl (C=O) groups excluding carboxylic acids is 1. The third-order valence-corrected chi connectivity index (χ3v) is 3.47. The zero-order chi connectivity index (χ0) is 13.6. The van der Waals surface area contributed by atoms with Crippen LogP contribution < -0.4 is 0 Å². The van der Waals surface area contributed by atoms with E-state index >= 15 is 0 Å². The van der Waals surface area contributed by atoms with Gasteiger partial charge in [-0.1, -0.05) is 18.2 Å². The molecule has 0 unspecified atom stereocenters.